The van der Waals surface area contributed by atoms with Crippen LogP contribution in [0.1, 0.15) is 19.8 Å². The summed E-state index contributed by atoms with van der Waals surface area (Å²) in [6.45, 7) is 9.59. The molecule has 0 spiro atoms. The summed E-state index contributed by atoms with van der Waals surface area (Å²) in [5.74, 6) is 0.382. The quantitative estimate of drug-likeness (QED) is 0.540. The zero-order valence-corrected chi connectivity index (χ0v) is 16.3. The van der Waals surface area contributed by atoms with E-state index in [0.717, 1.165) is 52.2 Å². The molecule has 2 saturated heterocycles. The van der Waals surface area contributed by atoms with Crippen molar-refractivity contribution in [1.29, 1.82) is 0 Å². The molecule has 2 amide bonds. The number of amides is 2. The van der Waals surface area contributed by atoms with Crippen molar-refractivity contribution in [3.63, 3.8) is 0 Å². The lowest BCUT2D eigenvalue weighted by Crippen LogP contribution is -2.47. The van der Waals surface area contributed by atoms with Gasteiger partial charge in [-0.3, -0.25) is 9.59 Å². The van der Waals surface area contributed by atoms with Gasteiger partial charge in [-0.25, -0.2) is 4.90 Å². The van der Waals surface area contributed by atoms with Crippen molar-refractivity contribution >= 4 is 17.5 Å². The highest BCUT2D eigenvalue weighted by Crippen LogP contribution is 2.25. The van der Waals surface area contributed by atoms with Crippen molar-refractivity contribution in [3.05, 3.63) is 24.3 Å². The number of imide groups is 1. The third-order valence-electron chi connectivity index (χ3n) is 5.43. The van der Waals surface area contributed by atoms with E-state index in [-0.39, 0.29) is 18.2 Å². The summed E-state index contributed by atoms with van der Waals surface area (Å²) < 4.78 is 5.13. The first-order valence-electron chi connectivity index (χ1n) is 9.81. The third-order valence-corrected chi connectivity index (χ3v) is 5.43. The van der Waals surface area contributed by atoms with Gasteiger partial charge in [-0.15, -0.1) is 0 Å². The first-order chi connectivity index (χ1) is 13.1. The molecule has 2 aliphatic heterocycles. The maximum Gasteiger partial charge on any atom is 0.251 e. The topological polar surface area (TPSA) is 65.1 Å². The number of hydrogen-bond acceptors (Lipinski definition) is 6. The second kappa shape index (κ2) is 9.30. The average Bonchev–Trinajstić information content (AvgIpc) is 2.99. The van der Waals surface area contributed by atoms with Crippen LogP contribution in [-0.4, -0.2) is 80.6 Å². The van der Waals surface area contributed by atoms with Crippen LogP contribution < -0.4 is 15.0 Å². The number of carbonyl (C=O) groups is 2. The van der Waals surface area contributed by atoms with E-state index in [0.29, 0.717) is 11.4 Å². The minimum Gasteiger partial charge on any atom is -0.497 e. The summed E-state index contributed by atoms with van der Waals surface area (Å²) in [5.41, 5.74) is 0.601. The number of carbonyl (C=O) groups excluding carboxylic acids is 2. The number of piperazine rings is 1. The number of nitrogens with zero attached hydrogens (tertiary/aromatic N) is 3. The van der Waals surface area contributed by atoms with E-state index in [1.165, 1.54) is 4.90 Å². The van der Waals surface area contributed by atoms with Crippen LogP contribution in [-0.2, 0) is 9.59 Å². The lowest BCUT2D eigenvalue weighted by atomic mass is 10.2. The van der Waals surface area contributed by atoms with Gasteiger partial charge in [0.2, 0.25) is 5.91 Å². The molecule has 0 radical (unpaired) electrons. The van der Waals surface area contributed by atoms with Crippen LogP contribution >= 0.6 is 0 Å². The number of anilines is 1. The molecule has 2 aliphatic rings. The van der Waals surface area contributed by atoms with Gasteiger partial charge in [0.15, 0.2) is 0 Å². The molecule has 3 rings (SSSR count). The highest BCUT2D eigenvalue weighted by molar-refractivity contribution is 6.22. The Balaban J connectivity index is 1.43. The highest BCUT2D eigenvalue weighted by atomic mass is 16.5. The Morgan fingerprint density at radius 3 is 2.37 bits per heavy atom. The molecule has 1 N–H and O–H groups in total. The predicted octanol–water partition coefficient (Wildman–Crippen LogP) is 0.944. The Bertz CT molecular complexity index is 641. The summed E-state index contributed by atoms with van der Waals surface area (Å²) in [6.07, 6.45) is 1.20. The van der Waals surface area contributed by atoms with Crippen LogP contribution in [0.5, 0.6) is 5.75 Å². The Labute approximate surface area is 161 Å². The van der Waals surface area contributed by atoms with Crippen molar-refractivity contribution in [3.8, 4) is 5.75 Å². The van der Waals surface area contributed by atoms with Gasteiger partial charge in [-0.1, -0.05) is 6.92 Å². The first kappa shape index (κ1) is 19.8. The Morgan fingerprint density at radius 1 is 1.07 bits per heavy atom. The molecule has 27 heavy (non-hydrogen) atoms. The van der Waals surface area contributed by atoms with Gasteiger partial charge in [0, 0.05) is 26.2 Å². The molecular weight excluding hydrogens is 344 g/mol. The van der Waals surface area contributed by atoms with Crippen molar-refractivity contribution in [2.45, 2.75) is 25.8 Å². The molecule has 2 fully saturated rings. The lowest BCUT2D eigenvalue weighted by Gasteiger charge is -2.34. The van der Waals surface area contributed by atoms with Crippen molar-refractivity contribution < 1.29 is 14.3 Å². The van der Waals surface area contributed by atoms with Gasteiger partial charge in [0.25, 0.3) is 5.91 Å². The number of likely N-dealkylation sites (N-methyl/N-ethyl adjacent to an activating group) is 1. The van der Waals surface area contributed by atoms with E-state index in [2.05, 4.69) is 22.0 Å². The standard InChI is InChI=1S/C20H30N4O3/c1-3-22-11-13-23(14-12-22)10-4-9-21-18-15-19(25)24(20(18)26)16-5-7-17(27-2)8-6-16/h5-8,18,21H,3-4,9-15H2,1-2H3. The largest absolute Gasteiger partial charge is 0.497 e. The SMILES string of the molecule is CCN1CCN(CCCNC2CC(=O)N(c3ccc(OC)cc3)C2=O)CC1. The number of methoxy groups -OCH3 is 1. The molecule has 0 saturated carbocycles. The molecule has 1 atom stereocenters. The minimum absolute atomic E-state index is 0.154. The highest BCUT2D eigenvalue weighted by Gasteiger charge is 2.39. The van der Waals surface area contributed by atoms with E-state index in [4.69, 9.17) is 4.74 Å². The number of nitrogens with one attached hydrogen (secondary N) is 1. The van der Waals surface area contributed by atoms with E-state index in [1.54, 1.807) is 31.4 Å². The maximum atomic E-state index is 12.6. The molecule has 0 bridgehead atoms. The Hall–Kier alpha value is -1.96. The molecule has 0 aliphatic carbocycles. The number of ether oxygens (including phenoxy) is 1. The Kier molecular flexibility index (Phi) is 6.82. The molecule has 1 aromatic carbocycles. The molecule has 1 unspecified atom stereocenters. The summed E-state index contributed by atoms with van der Waals surface area (Å²) in [4.78, 5) is 31.2. The minimum atomic E-state index is -0.420. The zero-order chi connectivity index (χ0) is 19.2. The predicted molar refractivity (Wildman–Crippen MR) is 105 cm³/mol. The normalized spacial score (nSPS) is 21.9. The van der Waals surface area contributed by atoms with Gasteiger partial charge in [-0.05, 0) is 50.3 Å². The van der Waals surface area contributed by atoms with Gasteiger partial charge in [0.1, 0.15) is 5.75 Å². The molecule has 148 valence electrons. The summed E-state index contributed by atoms with van der Waals surface area (Å²) in [5, 5.41) is 3.27. The van der Waals surface area contributed by atoms with Crippen LogP contribution in [0.3, 0.4) is 0 Å². The number of hydrogen-bond donors (Lipinski definition) is 1. The zero-order valence-electron chi connectivity index (χ0n) is 16.3. The van der Waals surface area contributed by atoms with E-state index in [9.17, 15) is 9.59 Å². The summed E-state index contributed by atoms with van der Waals surface area (Å²) in [6, 6.07) is 6.58. The van der Waals surface area contributed by atoms with Crippen LogP contribution in [0.15, 0.2) is 24.3 Å². The second-order valence-electron chi connectivity index (χ2n) is 7.11. The van der Waals surface area contributed by atoms with Crippen LogP contribution in [0, 0.1) is 0 Å². The van der Waals surface area contributed by atoms with Crippen LogP contribution in [0.25, 0.3) is 0 Å². The molecule has 7 heteroatoms. The molecule has 0 aromatic heterocycles. The van der Waals surface area contributed by atoms with Crippen molar-refractivity contribution in [2.24, 2.45) is 0 Å². The average molecular weight is 374 g/mol. The van der Waals surface area contributed by atoms with Crippen molar-refractivity contribution in [2.75, 3.05) is 57.8 Å². The fourth-order valence-electron chi connectivity index (χ4n) is 3.70. The fraction of sp³-hybridized carbons (Fsp3) is 0.600. The monoisotopic (exact) mass is 374 g/mol. The molecule has 2 heterocycles. The molecule has 1 aromatic rings. The first-order valence-corrected chi connectivity index (χ1v) is 9.81. The fourth-order valence-corrected chi connectivity index (χ4v) is 3.70. The van der Waals surface area contributed by atoms with Crippen molar-refractivity contribution in [1.82, 2.24) is 15.1 Å². The van der Waals surface area contributed by atoms with E-state index in [1.807, 2.05) is 0 Å². The molecule has 7 nitrogen and oxygen atoms in total. The number of benzene rings is 1. The molecular formula is C20H30N4O3. The maximum absolute atomic E-state index is 12.6. The van der Waals surface area contributed by atoms with Gasteiger partial charge < -0.3 is 19.9 Å². The second-order valence-corrected chi connectivity index (χ2v) is 7.11. The van der Waals surface area contributed by atoms with Gasteiger partial charge in [0.05, 0.1) is 25.3 Å². The van der Waals surface area contributed by atoms with E-state index >= 15 is 0 Å². The van der Waals surface area contributed by atoms with Crippen LogP contribution in [0.4, 0.5) is 5.69 Å². The summed E-state index contributed by atoms with van der Waals surface area (Å²) >= 11 is 0. The third kappa shape index (κ3) is 4.86. The smallest absolute Gasteiger partial charge is 0.251 e. The van der Waals surface area contributed by atoms with Gasteiger partial charge >= 0.3 is 0 Å². The Morgan fingerprint density at radius 2 is 1.74 bits per heavy atom. The van der Waals surface area contributed by atoms with Crippen LogP contribution in [0.2, 0.25) is 0 Å². The summed E-state index contributed by atoms with van der Waals surface area (Å²) in [7, 11) is 1.59. The number of rotatable bonds is 8. The van der Waals surface area contributed by atoms with Gasteiger partial charge in [-0.2, -0.15) is 0 Å². The lowest BCUT2D eigenvalue weighted by molar-refractivity contribution is -0.121. The van der Waals surface area contributed by atoms with E-state index < -0.39 is 6.04 Å².